The molecule has 2 aromatic rings. The van der Waals surface area contributed by atoms with Crippen molar-refractivity contribution in [2.24, 2.45) is 0 Å². The first-order valence-electron chi connectivity index (χ1n) is 12.5. The Labute approximate surface area is 193 Å². The van der Waals surface area contributed by atoms with Crippen LogP contribution in [0.1, 0.15) is 65.4 Å². The van der Waals surface area contributed by atoms with Crippen molar-refractivity contribution in [3.8, 4) is 11.5 Å². The fourth-order valence-corrected chi connectivity index (χ4v) is 5.44. The normalized spacial score (nSPS) is 23.1. The number of fused-ring (bicyclic) bond motifs is 4. The van der Waals surface area contributed by atoms with Gasteiger partial charge in [-0.1, -0.05) is 26.0 Å². The molecule has 2 saturated heterocycles. The number of nitrogens with zero attached hydrogens (tertiary/aromatic N) is 2. The summed E-state index contributed by atoms with van der Waals surface area (Å²) in [4.78, 5) is 4.59. The Morgan fingerprint density at radius 2 is 1.66 bits per heavy atom. The van der Waals surface area contributed by atoms with Crippen LogP contribution in [0.5, 0.6) is 11.5 Å². The van der Waals surface area contributed by atoms with E-state index in [0.29, 0.717) is 24.0 Å². The molecule has 0 spiro atoms. The summed E-state index contributed by atoms with van der Waals surface area (Å²) < 4.78 is 6.36. The van der Waals surface area contributed by atoms with Crippen LogP contribution >= 0.6 is 0 Å². The minimum Gasteiger partial charge on any atom is -0.453 e. The van der Waals surface area contributed by atoms with E-state index in [4.69, 9.17) is 10.1 Å². The zero-order valence-electron chi connectivity index (χ0n) is 20.0. The average molecular weight is 435 g/mol. The molecule has 2 aromatic carbocycles. The van der Waals surface area contributed by atoms with E-state index in [1.54, 1.807) is 0 Å². The van der Waals surface area contributed by atoms with Crippen molar-refractivity contribution in [2.75, 3.05) is 18.0 Å². The van der Waals surface area contributed by atoms with Gasteiger partial charge < -0.3 is 19.9 Å². The Hall–Kier alpha value is -2.53. The van der Waals surface area contributed by atoms with Gasteiger partial charge in [0.25, 0.3) is 0 Å². The second-order valence-electron chi connectivity index (χ2n) is 8.75. The Morgan fingerprint density at radius 3 is 2.44 bits per heavy atom. The van der Waals surface area contributed by atoms with Gasteiger partial charge in [0.1, 0.15) is 5.84 Å². The summed E-state index contributed by atoms with van der Waals surface area (Å²) in [5.74, 6) is 2.34. The first-order valence-corrected chi connectivity index (χ1v) is 12.5. The summed E-state index contributed by atoms with van der Waals surface area (Å²) in [5, 5.41) is 12.5. The lowest BCUT2D eigenvalue weighted by Crippen LogP contribution is -2.36. The molecule has 2 bridgehead atoms. The predicted molar refractivity (Wildman–Crippen MR) is 134 cm³/mol. The van der Waals surface area contributed by atoms with Gasteiger partial charge in [-0.2, -0.15) is 0 Å². The van der Waals surface area contributed by atoms with Crippen molar-refractivity contribution in [1.29, 1.82) is 5.41 Å². The van der Waals surface area contributed by atoms with Crippen molar-refractivity contribution in [2.45, 2.75) is 77.9 Å². The summed E-state index contributed by atoms with van der Waals surface area (Å²) >= 11 is 0. The van der Waals surface area contributed by atoms with Gasteiger partial charge in [-0.25, -0.2) is 0 Å². The lowest BCUT2D eigenvalue weighted by molar-refractivity contribution is 0.441. The molecule has 3 aliphatic rings. The summed E-state index contributed by atoms with van der Waals surface area (Å²) in [7, 11) is 0. The molecular weight excluding hydrogens is 396 g/mol. The number of amidine groups is 1. The molecule has 3 aliphatic heterocycles. The predicted octanol–water partition coefficient (Wildman–Crippen LogP) is 6.30. The van der Waals surface area contributed by atoms with Gasteiger partial charge in [-0.3, -0.25) is 5.41 Å². The fourth-order valence-electron chi connectivity index (χ4n) is 5.44. The highest BCUT2D eigenvalue weighted by molar-refractivity contribution is 5.98. The topological polar surface area (TPSA) is 51.6 Å². The first kappa shape index (κ1) is 22.7. The van der Waals surface area contributed by atoms with Crippen LogP contribution in [0.25, 0.3) is 0 Å². The first-order chi connectivity index (χ1) is 15.7. The molecule has 0 radical (unpaired) electrons. The quantitative estimate of drug-likeness (QED) is 0.438. The van der Waals surface area contributed by atoms with Gasteiger partial charge in [0.05, 0.1) is 11.4 Å². The number of anilines is 2. The van der Waals surface area contributed by atoms with Crippen molar-refractivity contribution < 1.29 is 4.74 Å². The lowest BCUT2D eigenvalue weighted by atomic mass is 9.94. The van der Waals surface area contributed by atoms with E-state index in [2.05, 4.69) is 65.4 Å². The molecule has 5 rings (SSSR count). The van der Waals surface area contributed by atoms with E-state index in [1.807, 2.05) is 19.9 Å². The van der Waals surface area contributed by atoms with Gasteiger partial charge in [-0.05, 0) is 76.3 Å². The SMILES string of the molecule is CC.CCN(CC)C(=N)c1ccc2c(c1)Oc1ccccc1N2C1CCC2CCC(C1)N2. The maximum atomic E-state index is 8.63. The van der Waals surface area contributed by atoms with E-state index in [0.717, 1.165) is 35.8 Å². The van der Waals surface area contributed by atoms with Crippen LogP contribution in [0.15, 0.2) is 42.5 Å². The smallest absolute Gasteiger partial charge is 0.151 e. The third-order valence-electron chi connectivity index (χ3n) is 7.02. The number of hydrogen-bond acceptors (Lipinski definition) is 4. The van der Waals surface area contributed by atoms with Crippen molar-refractivity contribution in [3.63, 3.8) is 0 Å². The van der Waals surface area contributed by atoms with Crippen LogP contribution in [0, 0.1) is 5.41 Å². The highest BCUT2D eigenvalue weighted by Gasteiger charge is 2.36. The lowest BCUT2D eigenvalue weighted by Gasteiger charge is -2.39. The Balaban J connectivity index is 0.00000119. The van der Waals surface area contributed by atoms with Crippen LogP contribution in [-0.2, 0) is 0 Å². The maximum absolute atomic E-state index is 8.63. The summed E-state index contributed by atoms with van der Waals surface area (Å²) in [6.45, 7) is 9.86. The van der Waals surface area contributed by atoms with Crippen LogP contribution in [-0.4, -0.2) is 42.0 Å². The Bertz CT molecular complexity index is 939. The molecule has 32 heavy (non-hydrogen) atoms. The molecule has 2 fully saturated rings. The molecule has 3 heterocycles. The fraction of sp³-hybridized carbons (Fsp3) is 0.519. The van der Waals surface area contributed by atoms with Crippen LogP contribution in [0.2, 0.25) is 0 Å². The molecule has 2 N–H and O–H groups in total. The largest absolute Gasteiger partial charge is 0.453 e. The van der Waals surface area contributed by atoms with Crippen LogP contribution in [0.4, 0.5) is 11.4 Å². The minimum absolute atomic E-state index is 0.463. The molecule has 0 amide bonds. The van der Waals surface area contributed by atoms with E-state index in [-0.39, 0.29) is 0 Å². The number of hydrogen-bond donors (Lipinski definition) is 2. The van der Waals surface area contributed by atoms with E-state index in [9.17, 15) is 0 Å². The number of benzene rings is 2. The van der Waals surface area contributed by atoms with E-state index < -0.39 is 0 Å². The van der Waals surface area contributed by atoms with Crippen LogP contribution < -0.4 is 15.0 Å². The average Bonchev–Trinajstić information content (AvgIpc) is 3.18. The molecule has 3 atom stereocenters. The molecular formula is C27H38N4O. The van der Waals surface area contributed by atoms with Crippen molar-refractivity contribution in [3.05, 3.63) is 48.0 Å². The molecule has 5 nitrogen and oxygen atoms in total. The Kier molecular flexibility index (Phi) is 7.04. The standard InChI is InChI=1S/C25H32N4O.C2H6/c1-3-28(4-2)25(26)17-9-14-22-24(15-17)30-23-8-6-5-7-21(23)29(22)20-13-12-18-10-11-19(16-20)27-18;1-2/h5-9,14-15,18-20,26-27H,3-4,10-13,16H2,1-2H3;1-2H3. The van der Waals surface area contributed by atoms with E-state index in [1.165, 1.54) is 37.8 Å². The van der Waals surface area contributed by atoms with E-state index >= 15 is 0 Å². The monoisotopic (exact) mass is 434 g/mol. The second kappa shape index (κ2) is 9.95. The van der Waals surface area contributed by atoms with Gasteiger partial charge in [0.15, 0.2) is 11.5 Å². The number of para-hydroxylation sites is 2. The molecule has 0 saturated carbocycles. The third-order valence-corrected chi connectivity index (χ3v) is 7.02. The highest BCUT2D eigenvalue weighted by atomic mass is 16.5. The highest BCUT2D eigenvalue weighted by Crippen LogP contribution is 2.49. The van der Waals surface area contributed by atoms with Gasteiger partial charge in [0, 0.05) is 36.8 Å². The molecule has 0 aliphatic carbocycles. The maximum Gasteiger partial charge on any atom is 0.151 e. The molecule has 0 aromatic heterocycles. The van der Waals surface area contributed by atoms with Crippen LogP contribution in [0.3, 0.4) is 0 Å². The molecule has 3 unspecified atom stereocenters. The van der Waals surface area contributed by atoms with Gasteiger partial charge in [0.2, 0.25) is 0 Å². The summed E-state index contributed by atoms with van der Waals surface area (Å²) in [5.41, 5.74) is 3.21. The molecule has 172 valence electrons. The summed E-state index contributed by atoms with van der Waals surface area (Å²) in [6, 6.07) is 16.5. The second-order valence-corrected chi connectivity index (χ2v) is 8.75. The third kappa shape index (κ3) is 4.23. The van der Waals surface area contributed by atoms with Crippen molar-refractivity contribution in [1.82, 2.24) is 10.2 Å². The number of rotatable bonds is 4. The van der Waals surface area contributed by atoms with Gasteiger partial charge in [-0.15, -0.1) is 0 Å². The van der Waals surface area contributed by atoms with Crippen molar-refractivity contribution >= 4 is 17.2 Å². The zero-order chi connectivity index (χ0) is 22.7. The number of nitrogens with one attached hydrogen (secondary N) is 2. The van der Waals surface area contributed by atoms with Gasteiger partial charge >= 0.3 is 0 Å². The summed E-state index contributed by atoms with van der Waals surface area (Å²) in [6.07, 6.45) is 6.21. The minimum atomic E-state index is 0.463. The Morgan fingerprint density at radius 1 is 0.969 bits per heavy atom. The molecule has 5 heteroatoms. The zero-order valence-corrected chi connectivity index (χ0v) is 20.0. The number of ether oxygens (including phenoxy) is 1.